The van der Waals surface area contributed by atoms with Crippen molar-refractivity contribution in [3.63, 3.8) is 0 Å². The summed E-state index contributed by atoms with van der Waals surface area (Å²) in [5.41, 5.74) is 1.57. The van der Waals surface area contributed by atoms with Gasteiger partial charge in [-0.1, -0.05) is 49.2 Å². The van der Waals surface area contributed by atoms with Crippen LogP contribution in [0.25, 0.3) is 0 Å². The molecule has 0 aromatic heterocycles. The first kappa shape index (κ1) is 23.1. The van der Waals surface area contributed by atoms with Gasteiger partial charge >= 0.3 is 11.9 Å². The van der Waals surface area contributed by atoms with Gasteiger partial charge in [-0.15, -0.1) is 0 Å². The molecular formula is C24H35NO4. The number of rotatable bonds is 7. The molecule has 0 aliphatic carbocycles. The normalized spacial score (nSPS) is 20.3. The van der Waals surface area contributed by atoms with E-state index in [-0.39, 0.29) is 18.0 Å². The maximum atomic E-state index is 12.9. The van der Waals surface area contributed by atoms with Crippen molar-refractivity contribution < 1.29 is 19.1 Å². The van der Waals surface area contributed by atoms with Crippen LogP contribution in [-0.2, 0) is 19.1 Å². The van der Waals surface area contributed by atoms with Crippen molar-refractivity contribution in [1.82, 2.24) is 4.90 Å². The SMILES string of the molecule is CCCCOC(=O)[C@@H]1C/C(=C\C(=O)OC(C)(C)C)CCN1[C@@H](C)c1ccccc1. The van der Waals surface area contributed by atoms with Crippen LogP contribution < -0.4 is 0 Å². The third-order valence-corrected chi connectivity index (χ3v) is 5.07. The molecule has 1 saturated heterocycles. The topological polar surface area (TPSA) is 55.8 Å². The van der Waals surface area contributed by atoms with E-state index in [0.29, 0.717) is 19.6 Å². The monoisotopic (exact) mass is 401 g/mol. The molecular weight excluding hydrogens is 366 g/mol. The van der Waals surface area contributed by atoms with E-state index in [1.54, 1.807) is 6.08 Å². The predicted molar refractivity (Wildman–Crippen MR) is 114 cm³/mol. The van der Waals surface area contributed by atoms with Crippen LogP contribution in [0.1, 0.15) is 71.9 Å². The van der Waals surface area contributed by atoms with Gasteiger partial charge in [-0.3, -0.25) is 9.69 Å². The first-order chi connectivity index (χ1) is 13.7. The summed E-state index contributed by atoms with van der Waals surface area (Å²) in [5, 5.41) is 0. The number of hydrogen-bond donors (Lipinski definition) is 0. The molecule has 5 heteroatoms. The zero-order valence-electron chi connectivity index (χ0n) is 18.4. The predicted octanol–water partition coefficient (Wildman–Crippen LogP) is 4.82. The van der Waals surface area contributed by atoms with Gasteiger partial charge in [0, 0.05) is 18.7 Å². The van der Waals surface area contributed by atoms with Gasteiger partial charge < -0.3 is 9.47 Å². The van der Waals surface area contributed by atoms with Gasteiger partial charge in [0.2, 0.25) is 0 Å². The van der Waals surface area contributed by atoms with E-state index in [0.717, 1.165) is 24.8 Å². The number of ether oxygens (including phenoxy) is 2. The Morgan fingerprint density at radius 3 is 2.55 bits per heavy atom. The Hall–Kier alpha value is -2.14. The van der Waals surface area contributed by atoms with Gasteiger partial charge in [-0.2, -0.15) is 0 Å². The highest BCUT2D eigenvalue weighted by Crippen LogP contribution is 2.31. The lowest BCUT2D eigenvalue weighted by Gasteiger charge is -2.39. The number of benzene rings is 1. The Morgan fingerprint density at radius 1 is 1.24 bits per heavy atom. The fourth-order valence-electron chi connectivity index (χ4n) is 3.54. The Morgan fingerprint density at radius 2 is 1.93 bits per heavy atom. The van der Waals surface area contributed by atoms with Crippen molar-refractivity contribution in [2.45, 2.75) is 78.0 Å². The molecule has 29 heavy (non-hydrogen) atoms. The number of nitrogens with zero attached hydrogens (tertiary/aromatic N) is 1. The van der Waals surface area contributed by atoms with Crippen molar-refractivity contribution in [2.75, 3.05) is 13.2 Å². The van der Waals surface area contributed by atoms with Crippen LogP contribution in [-0.4, -0.2) is 41.6 Å². The van der Waals surface area contributed by atoms with Crippen LogP contribution in [0.3, 0.4) is 0 Å². The van der Waals surface area contributed by atoms with Crippen LogP contribution in [0.2, 0.25) is 0 Å². The average molecular weight is 402 g/mol. The molecule has 1 aliphatic heterocycles. The fraction of sp³-hybridized carbons (Fsp3) is 0.583. The smallest absolute Gasteiger partial charge is 0.331 e. The van der Waals surface area contributed by atoms with Crippen LogP contribution in [0.15, 0.2) is 42.0 Å². The number of hydrogen-bond acceptors (Lipinski definition) is 5. The zero-order chi connectivity index (χ0) is 21.4. The quantitative estimate of drug-likeness (QED) is 0.372. The first-order valence-corrected chi connectivity index (χ1v) is 10.6. The highest BCUT2D eigenvalue weighted by Gasteiger charge is 2.35. The molecule has 2 atom stereocenters. The van der Waals surface area contributed by atoms with Crippen LogP contribution >= 0.6 is 0 Å². The summed E-state index contributed by atoms with van der Waals surface area (Å²) in [5.74, 6) is -0.564. The minimum atomic E-state index is -0.533. The van der Waals surface area contributed by atoms with Crippen molar-refractivity contribution in [1.29, 1.82) is 0 Å². The molecule has 0 radical (unpaired) electrons. The summed E-state index contributed by atoms with van der Waals surface area (Å²) in [6.07, 6.45) is 4.61. The third kappa shape index (κ3) is 7.32. The number of piperidine rings is 1. The van der Waals surface area contributed by atoms with E-state index in [9.17, 15) is 9.59 Å². The van der Waals surface area contributed by atoms with E-state index in [2.05, 4.69) is 30.9 Å². The molecule has 0 unspecified atom stereocenters. The van der Waals surface area contributed by atoms with Crippen molar-refractivity contribution in [3.8, 4) is 0 Å². The van der Waals surface area contributed by atoms with Crippen molar-refractivity contribution in [2.24, 2.45) is 0 Å². The molecule has 1 aromatic rings. The average Bonchev–Trinajstić information content (AvgIpc) is 2.66. The summed E-state index contributed by atoms with van der Waals surface area (Å²) in [4.78, 5) is 27.3. The van der Waals surface area contributed by atoms with Crippen molar-refractivity contribution in [3.05, 3.63) is 47.5 Å². The first-order valence-electron chi connectivity index (χ1n) is 10.6. The number of esters is 2. The minimum Gasteiger partial charge on any atom is -0.465 e. The zero-order valence-corrected chi connectivity index (χ0v) is 18.4. The maximum absolute atomic E-state index is 12.9. The second-order valence-corrected chi connectivity index (χ2v) is 8.65. The van der Waals surface area contributed by atoms with Gasteiger partial charge in [0.05, 0.1) is 6.61 Å². The van der Waals surface area contributed by atoms with E-state index in [1.807, 2.05) is 39.0 Å². The van der Waals surface area contributed by atoms with E-state index >= 15 is 0 Å². The van der Waals surface area contributed by atoms with Crippen LogP contribution in [0.4, 0.5) is 0 Å². The standard InChI is InChI=1S/C24H35NO4/c1-6-7-15-28-23(27)21-16-19(17-22(26)29-24(3,4)5)13-14-25(21)18(2)20-11-9-8-10-12-20/h8-12,17-18,21H,6-7,13-16H2,1-5H3/b19-17-/t18-,21-/m0/s1. The molecule has 0 bridgehead atoms. The highest BCUT2D eigenvalue weighted by atomic mass is 16.6. The Bertz CT molecular complexity index is 705. The second-order valence-electron chi connectivity index (χ2n) is 8.65. The number of likely N-dealkylation sites (tertiary alicyclic amines) is 1. The fourth-order valence-corrected chi connectivity index (χ4v) is 3.54. The molecule has 1 fully saturated rings. The molecule has 1 aromatic carbocycles. The van der Waals surface area contributed by atoms with Gasteiger partial charge in [-0.05, 0) is 52.5 Å². The molecule has 5 nitrogen and oxygen atoms in total. The van der Waals surface area contributed by atoms with E-state index < -0.39 is 11.6 Å². The number of carbonyl (C=O) groups is 2. The van der Waals surface area contributed by atoms with Crippen LogP contribution in [0, 0.1) is 0 Å². The van der Waals surface area contributed by atoms with Gasteiger partial charge in [-0.25, -0.2) is 4.79 Å². The highest BCUT2D eigenvalue weighted by molar-refractivity contribution is 5.84. The lowest BCUT2D eigenvalue weighted by Crippen LogP contribution is -2.47. The third-order valence-electron chi connectivity index (χ3n) is 5.07. The lowest BCUT2D eigenvalue weighted by molar-refractivity contribution is -0.152. The van der Waals surface area contributed by atoms with Gasteiger partial charge in [0.15, 0.2) is 0 Å². The summed E-state index contributed by atoms with van der Waals surface area (Å²) in [6, 6.07) is 9.86. The summed E-state index contributed by atoms with van der Waals surface area (Å²) >= 11 is 0. The lowest BCUT2D eigenvalue weighted by atomic mass is 9.93. The Balaban J connectivity index is 2.17. The molecule has 1 heterocycles. The molecule has 0 saturated carbocycles. The molecule has 1 aliphatic rings. The molecule has 160 valence electrons. The maximum Gasteiger partial charge on any atom is 0.331 e. The molecule has 0 amide bonds. The molecule has 0 N–H and O–H groups in total. The van der Waals surface area contributed by atoms with E-state index in [1.165, 1.54) is 5.56 Å². The molecule has 2 rings (SSSR count). The van der Waals surface area contributed by atoms with Gasteiger partial charge in [0.1, 0.15) is 11.6 Å². The summed E-state index contributed by atoms with van der Waals surface area (Å²) in [7, 11) is 0. The second kappa shape index (κ2) is 10.6. The molecule has 0 spiro atoms. The van der Waals surface area contributed by atoms with Crippen molar-refractivity contribution >= 4 is 11.9 Å². The largest absolute Gasteiger partial charge is 0.465 e. The van der Waals surface area contributed by atoms with Gasteiger partial charge in [0.25, 0.3) is 0 Å². The summed E-state index contributed by atoms with van der Waals surface area (Å²) in [6.45, 7) is 10.9. The summed E-state index contributed by atoms with van der Waals surface area (Å²) < 4.78 is 11.0. The number of unbranched alkanes of at least 4 members (excludes halogenated alkanes) is 1. The number of carbonyl (C=O) groups excluding carboxylic acids is 2. The Labute approximate surface area is 175 Å². The van der Waals surface area contributed by atoms with Crippen LogP contribution in [0.5, 0.6) is 0 Å². The Kier molecular flexibility index (Phi) is 8.45. The van der Waals surface area contributed by atoms with E-state index in [4.69, 9.17) is 9.47 Å². The minimum absolute atomic E-state index is 0.0861.